The quantitative estimate of drug-likeness (QED) is 0.486. The molecule has 1 aromatic rings. The maximum Gasteiger partial charge on any atom is 0.161 e. The van der Waals surface area contributed by atoms with Crippen LogP contribution in [0.3, 0.4) is 0 Å². The maximum absolute atomic E-state index is 11.8. The van der Waals surface area contributed by atoms with E-state index >= 15 is 0 Å². The lowest BCUT2D eigenvalue weighted by atomic mass is 10.1. The van der Waals surface area contributed by atoms with Crippen LogP contribution in [-0.4, -0.2) is 42.1 Å². The normalized spacial score (nSPS) is 14.5. The van der Waals surface area contributed by atoms with Crippen molar-refractivity contribution in [1.29, 1.82) is 0 Å². The first-order valence-electron chi connectivity index (χ1n) is 5.26. The van der Waals surface area contributed by atoms with Crippen LogP contribution in [0.4, 0.5) is 0 Å². The first kappa shape index (κ1) is 14.9. The Bertz CT molecular complexity index is 524. The number of oxime groups is 1. The van der Waals surface area contributed by atoms with Gasteiger partial charge in [0.2, 0.25) is 0 Å². The van der Waals surface area contributed by atoms with Gasteiger partial charge in [-0.1, -0.05) is 35.8 Å². The van der Waals surface area contributed by atoms with Gasteiger partial charge in [0.15, 0.2) is 9.84 Å². The van der Waals surface area contributed by atoms with Crippen LogP contribution in [0.1, 0.15) is 12.5 Å². The topological polar surface area (TPSA) is 87.0 Å². The minimum atomic E-state index is -3.55. The average Bonchev–Trinajstić information content (AvgIpc) is 2.36. The molecule has 1 rings (SSSR count). The molecule has 0 amide bonds. The summed E-state index contributed by atoms with van der Waals surface area (Å²) in [5.41, 5.74) is 0.314. The third-order valence-corrected chi connectivity index (χ3v) is 4.85. The van der Waals surface area contributed by atoms with E-state index in [4.69, 9.17) is 16.8 Å². The van der Waals surface area contributed by atoms with Gasteiger partial charge in [0, 0.05) is 16.3 Å². The molecule has 100 valence electrons. The van der Waals surface area contributed by atoms with E-state index in [1.165, 1.54) is 19.1 Å². The summed E-state index contributed by atoms with van der Waals surface area (Å²) in [4.78, 5) is 0. The van der Waals surface area contributed by atoms with Gasteiger partial charge in [-0.05, 0) is 12.1 Å². The third-order valence-electron chi connectivity index (χ3n) is 2.55. The number of benzene rings is 1. The Kier molecular flexibility index (Phi) is 5.13. The molecule has 2 N–H and O–H groups in total. The monoisotopic (exact) mass is 291 g/mol. The van der Waals surface area contributed by atoms with E-state index in [1.54, 1.807) is 12.1 Å². The van der Waals surface area contributed by atoms with Gasteiger partial charge in [-0.25, -0.2) is 8.42 Å². The maximum atomic E-state index is 11.8. The van der Waals surface area contributed by atoms with Crippen molar-refractivity contribution >= 4 is 27.1 Å². The van der Waals surface area contributed by atoms with Gasteiger partial charge in [-0.15, -0.1) is 0 Å². The molecule has 0 unspecified atom stereocenters. The van der Waals surface area contributed by atoms with Crippen LogP contribution < -0.4 is 0 Å². The van der Waals surface area contributed by atoms with Gasteiger partial charge in [-0.2, -0.15) is 0 Å². The SMILES string of the molecule is CCS(=O)(=O)[C@H](CO)/C(=N\O)c1ccc(Cl)cc1. The summed E-state index contributed by atoms with van der Waals surface area (Å²) in [6.07, 6.45) is 0. The minimum Gasteiger partial charge on any atom is -0.411 e. The molecular weight excluding hydrogens is 278 g/mol. The Morgan fingerprint density at radius 1 is 1.39 bits per heavy atom. The smallest absolute Gasteiger partial charge is 0.161 e. The highest BCUT2D eigenvalue weighted by atomic mass is 35.5. The van der Waals surface area contributed by atoms with Gasteiger partial charge >= 0.3 is 0 Å². The Balaban J connectivity index is 3.21. The van der Waals surface area contributed by atoms with Crippen molar-refractivity contribution in [3.05, 3.63) is 34.9 Å². The van der Waals surface area contributed by atoms with Crippen molar-refractivity contribution in [3.8, 4) is 0 Å². The Morgan fingerprint density at radius 3 is 2.33 bits per heavy atom. The number of aliphatic hydroxyl groups is 1. The Hall–Kier alpha value is -1.11. The molecule has 0 saturated carbocycles. The molecule has 0 aromatic heterocycles. The van der Waals surface area contributed by atoms with Crippen LogP contribution >= 0.6 is 11.6 Å². The van der Waals surface area contributed by atoms with Gasteiger partial charge < -0.3 is 10.3 Å². The molecule has 0 aliphatic carbocycles. The van der Waals surface area contributed by atoms with Crippen molar-refractivity contribution < 1.29 is 18.7 Å². The second-order valence-electron chi connectivity index (χ2n) is 3.61. The zero-order valence-corrected chi connectivity index (χ0v) is 11.3. The number of sulfone groups is 1. The molecule has 0 saturated heterocycles. The van der Waals surface area contributed by atoms with E-state index in [9.17, 15) is 13.5 Å². The predicted octanol–water partition coefficient (Wildman–Crippen LogP) is 1.31. The first-order chi connectivity index (χ1) is 8.46. The average molecular weight is 292 g/mol. The lowest BCUT2D eigenvalue weighted by molar-refractivity contribution is 0.296. The molecule has 0 bridgehead atoms. The van der Waals surface area contributed by atoms with Crippen molar-refractivity contribution in [1.82, 2.24) is 0 Å². The van der Waals surface area contributed by atoms with Gasteiger partial charge in [-0.3, -0.25) is 0 Å². The number of hydrogen-bond acceptors (Lipinski definition) is 5. The fourth-order valence-electron chi connectivity index (χ4n) is 1.50. The van der Waals surface area contributed by atoms with E-state index < -0.39 is 21.7 Å². The molecule has 0 aliphatic heterocycles. The summed E-state index contributed by atoms with van der Waals surface area (Å²) in [6, 6.07) is 6.17. The largest absolute Gasteiger partial charge is 0.411 e. The molecular formula is C11H14ClNO4S. The molecule has 0 spiro atoms. The van der Waals surface area contributed by atoms with Crippen LogP contribution in [0.5, 0.6) is 0 Å². The van der Waals surface area contributed by atoms with Crippen LogP contribution in [-0.2, 0) is 9.84 Å². The number of rotatable bonds is 5. The fraction of sp³-hybridized carbons (Fsp3) is 0.364. The summed E-state index contributed by atoms with van der Waals surface area (Å²) in [6.45, 7) is 0.826. The van der Waals surface area contributed by atoms with Gasteiger partial charge in [0.25, 0.3) is 0 Å². The Labute approximate surface area is 111 Å². The van der Waals surface area contributed by atoms with Crippen molar-refractivity contribution in [3.63, 3.8) is 0 Å². The lowest BCUT2D eigenvalue weighted by Gasteiger charge is -2.15. The fourth-order valence-corrected chi connectivity index (χ4v) is 2.78. The summed E-state index contributed by atoms with van der Waals surface area (Å²) in [5, 5.41) is 20.4. The second-order valence-corrected chi connectivity index (χ2v) is 6.52. The van der Waals surface area contributed by atoms with Crippen LogP contribution in [0.15, 0.2) is 29.4 Å². The number of nitrogens with zero attached hydrogens (tertiary/aromatic N) is 1. The molecule has 5 nitrogen and oxygen atoms in total. The highest BCUT2D eigenvalue weighted by Gasteiger charge is 2.30. The molecule has 1 aromatic carbocycles. The van der Waals surface area contributed by atoms with Crippen molar-refractivity contribution in [2.45, 2.75) is 12.2 Å². The van der Waals surface area contributed by atoms with Crippen LogP contribution in [0.25, 0.3) is 0 Å². The number of hydrogen-bond donors (Lipinski definition) is 2. The lowest BCUT2D eigenvalue weighted by Crippen LogP contribution is -2.35. The summed E-state index contributed by atoms with van der Waals surface area (Å²) < 4.78 is 23.6. The third kappa shape index (κ3) is 3.22. The predicted molar refractivity (Wildman–Crippen MR) is 70.1 cm³/mol. The summed E-state index contributed by atoms with van der Waals surface area (Å²) in [7, 11) is -3.55. The molecule has 7 heteroatoms. The van der Waals surface area contributed by atoms with Gasteiger partial charge in [0.05, 0.1) is 6.61 Å². The molecule has 18 heavy (non-hydrogen) atoms. The highest BCUT2D eigenvalue weighted by molar-refractivity contribution is 7.92. The second kappa shape index (κ2) is 6.17. The zero-order valence-electron chi connectivity index (χ0n) is 9.75. The summed E-state index contributed by atoms with van der Waals surface area (Å²) in [5.74, 6) is -0.148. The molecule has 1 atom stereocenters. The van der Waals surface area contributed by atoms with Crippen molar-refractivity contribution in [2.75, 3.05) is 12.4 Å². The first-order valence-corrected chi connectivity index (χ1v) is 7.36. The van der Waals surface area contributed by atoms with E-state index in [1.807, 2.05) is 0 Å². The zero-order chi connectivity index (χ0) is 13.8. The minimum absolute atomic E-state index is 0.0870. The van der Waals surface area contributed by atoms with E-state index in [2.05, 4.69) is 5.16 Å². The number of aliphatic hydroxyl groups excluding tert-OH is 1. The van der Waals surface area contributed by atoms with E-state index in [0.29, 0.717) is 10.6 Å². The molecule has 0 radical (unpaired) electrons. The van der Waals surface area contributed by atoms with E-state index in [-0.39, 0.29) is 11.5 Å². The molecule has 0 fully saturated rings. The Morgan fingerprint density at radius 2 is 1.94 bits per heavy atom. The number of halogens is 1. The van der Waals surface area contributed by atoms with Gasteiger partial charge in [0.1, 0.15) is 11.0 Å². The van der Waals surface area contributed by atoms with E-state index in [0.717, 1.165) is 0 Å². The van der Waals surface area contributed by atoms with Crippen LogP contribution in [0.2, 0.25) is 5.02 Å². The van der Waals surface area contributed by atoms with Crippen molar-refractivity contribution in [2.24, 2.45) is 5.16 Å². The summed E-state index contributed by atoms with van der Waals surface area (Å²) >= 11 is 5.72. The molecule has 0 aliphatic rings. The van der Waals surface area contributed by atoms with Crippen LogP contribution in [0, 0.1) is 0 Å². The highest BCUT2D eigenvalue weighted by Crippen LogP contribution is 2.15. The standard InChI is InChI=1S/C11H14ClNO4S/c1-2-18(16,17)10(7-14)11(13-15)8-3-5-9(12)6-4-8/h3-6,10,14-15H,2,7H2,1H3/b13-11-/t10-/m1/s1. The molecule has 0 heterocycles.